The Kier molecular flexibility index (Phi) is 15.4. The summed E-state index contributed by atoms with van der Waals surface area (Å²) in [5.74, 6) is 0. The van der Waals surface area contributed by atoms with Gasteiger partial charge in [-0.25, -0.2) is 0 Å². The summed E-state index contributed by atoms with van der Waals surface area (Å²) in [7, 11) is 1.78. The van der Waals surface area contributed by atoms with Gasteiger partial charge in [0, 0.05) is 10.9 Å². The summed E-state index contributed by atoms with van der Waals surface area (Å²) in [6.07, 6.45) is 25.3. The van der Waals surface area contributed by atoms with Gasteiger partial charge in [-0.2, -0.15) is 0 Å². The summed E-state index contributed by atoms with van der Waals surface area (Å²) in [4.78, 5) is 0. The van der Waals surface area contributed by atoms with Crippen molar-refractivity contribution in [2.24, 2.45) is 11.5 Å². The quantitative estimate of drug-likeness (QED) is 0.0598. The largest absolute Gasteiger partial charge is 0.325 e. The van der Waals surface area contributed by atoms with Crippen molar-refractivity contribution in [3.8, 4) is 0 Å². The maximum atomic E-state index is 7.50. The predicted molar refractivity (Wildman–Crippen MR) is 223 cm³/mol. The molecule has 4 aromatic carbocycles. The van der Waals surface area contributed by atoms with Crippen molar-refractivity contribution in [3.05, 3.63) is 190 Å². The van der Waals surface area contributed by atoms with Gasteiger partial charge in [0.15, 0.2) is 14.6 Å². The average molecular weight is 661 g/mol. The molecule has 0 bridgehead atoms. The lowest BCUT2D eigenvalue weighted by molar-refractivity contribution is 0.729. The van der Waals surface area contributed by atoms with Gasteiger partial charge in [-0.05, 0) is 97.9 Å². The molecular formula is C46H58B2N2. The second-order valence-corrected chi connectivity index (χ2v) is 13.8. The number of hydrogen-bond acceptors (Lipinski definition) is 2. The van der Waals surface area contributed by atoms with E-state index in [2.05, 4.69) is 173 Å². The van der Waals surface area contributed by atoms with Gasteiger partial charge in [-0.1, -0.05) is 171 Å². The number of allylic oxidation sites excluding steroid dienone is 8. The number of benzene rings is 4. The first-order valence-corrected chi connectivity index (χ1v) is 18.8. The van der Waals surface area contributed by atoms with Crippen molar-refractivity contribution < 1.29 is 0 Å². The molecule has 258 valence electrons. The highest BCUT2D eigenvalue weighted by atomic mass is 14.7. The Balaban J connectivity index is 1.53. The van der Waals surface area contributed by atoms with Gasteiger partial charge in [0.1, 0.15) is 0 Å². The zero-order valence-corrected chi connectivity index (χ0v) is 31.1. The van der Waals surface area contributed by atoms with Crippen LogP contribution in [-0.2, 0) is 36.6 Å². The molecule has 0 fully saturated rings. The molecular weight excluding hydrogens is 602 g/mol. The smallest absolute Gasteiger partial charge is 0.157 e. The van der Waals surface area contributed by atoms with Crippen LogP contribution in [0.3, 0.4) is 0 Å². The SMILES string of the molecule is CC=CCc1cccc(C(N)(BCCCCBC(N)(c2cccc(CC=CC)c2)c2cccc(CC=CC)c2)c2cccc(CC=CC)c2)c1. The molecule has 50 heavy (non-hydrogen) atoms. The minimum absolute atomic E-state index is 0.559. The molecule has 0 aliphatic rings. The maximum Gasteiger partial charge on any atom is 0.157 e. The highest BCUT2D eigenvalue weighted by Gasteiger charge is 2.32. The number of unbranched alkanes of at least 4 members (excludes halogenated alkanes) is 1. The molecule has 0 spiro atoms. The molecule has 0 saturated heterocycles. The summed E-state index contributed by atoms with van der Waals surface area (Å²) in [6.45, 7) is 8.30. The molecule has 0 amide bonds. The van der Waals surface area contributed by atoms with E-state index in [1.807, 2.05) is 0 Å². The van der Waals surface area contributed by atoms with E-state index in [0.717, 1.165) is 65.7 Å². The van der Waals surface area contributed by atoms with Crippen LogP contribution in [0.5, 0.6) is 0 Å². The normalized spacial score (nSPS) is 14.4. The Morgan fingerprint density at radius 2 is 0.700 bits per heavy atom. The van der Waals surface area contributed by atoms with E-state index >= 15 is 0 Å². The predicted octanol–water partition coefficient (Wildman–Crippen LogP) is 9.67. The fraction of sp³-hybridized carbons (Fsp3) is 0.304. The van der Waals surface area contributed by atoms with Gasteiger partial charge in [-0.3, -0.25) is 0 Å². The van der Waals surface area contributed by atoms with E-state index in [0.29, 0.717) is 0 Å². The fourth-order valence-electron chi connectivity index (χ4n) is 6.99. The molecule has 0 radical (unpaired) electrons. The number of nitrogens with two attached hydrogens (primary N) is 2. The summed E-state index contributed by atoms with van der Waals surface area (Å²) < 4.78 is 0. The van der Waals surface area contributed by atoms with Gasteiger partial charge in [0.25, 0.3) is 0 Å². The van der Waals surface area contributed by atoms with Gasteiger partial charge in [-0.15, -0.1) is 0 Å². The van der Waals surface area contributed by atoms with E-state index in [-0.39, 0.29) is 0 Å². The van der Waals surface area contributed by atoms with Crippen molar-refractivity contribution >= 4 is 14.6 Å². The van der Waals surface area contributed by atoms with E-state index in [1.165, 1.54) is 44.5 Å². The third-order valence-corrected chi connectivity index (χ3v) is 10.0. The van der Waals surface area contributed by atoms with Crippen LogP contribution in [0.4, 0.5) is 0 Å². The van der Waals surface area contributed by atoms with Crippen LogP contribution < -0.4 is 11.5 Å². The van der Waals surface area contributed by atoms with Crippen molar-refractivity contribution in [2.45, 2.75) is 89.7 Å². The van der Waals surface area contributed by atoms with Crippen molar-refractivity contribution in [1.82, 2.24) is 0 Å². The standard InChI is InChI=1S/C46H58B2N2/c1-5-9-19-37-23-15-27-41(33-37)45(49,42-28-16-24-38(34-42)20-10-6-2)47-31-13-14-32-48-46(50,43-29-17-25-39(35-43)21-11-7-3)44-30-18-26-40(36-44)22-12-8-4/h5-12,15-18,23-30,33-36,47-48H,13-14,19-22,31-32,49-50H2,1-4H3. The zero-order chi connectivity index (χ0) is 35.7. The summed E-state index contributed by atoms with van der Waals surface area (Å²) in [5, 5.41) is 0. The van der Waals surface area contributed by atoms with Crippen LogP contribution in [0, 0.1) is 0 Å². The second kappa shape index (κ2) is 19.9. The van der Waals surface area contributed by atoms with Crippen molar-refractivity contribution in [2.75, 3.05) is 0 Å². The average Bonchev–Trinajstić information content (AvgIpc) is 3.16. The van der Waals surface area contributed by atoms with E-state index in [9.17, 15) is 0 Å². The molecule has 4 aromatic rings. The molecule has 0 saturated carbocycles. The van der Waals surface area contributed by atoms with E-state index in [4.69, 9.17) is 11.5 Å². The topological polar surface area (TPSA) is 52.0 Å². The maximum absolute atomic E-state index is 7.50. The minimum Gasteiger partial charge on any atom is -0.325 e. The molecule has 4 N–H and O–H groups in total. The lowest BCUT2D eigenvalue weighted by Gasteiger charge is -2.32. The van der Waals surface area contributed by atoms with Crippen molar-refractivity contribution in [3.63, 3.8) is 0 Å². The van der Waals surface area contributed by atoms with Crippen LogP contribution in [0.15, 0.2) is 146 Å². The Morgan fingerprint density at radius 1 is 0.440 bits per heavy atom. The zero-order valence-electron chi connectivity index (χ0n) is 31.1. The lowest BCUT2D eigenvalue weighted by Crippen LogP contribution is -2.44. The van der Waals surface area contributed by atoms with Crippen LogP contribution in [-0.4, -0.2) is 14.6 Å². The lowest BCUT2D eigenvalue weighted by atomic mass is 9.48. The molecule has 0 aliphatic heterocycles. The third-order valence-electron chi connectivity index (χ3n) is 10.0. The first-order chi connectivity index (χ1) is 24.4. The van der Waals surface area contributed by atoms with Gasteiger partial charge < -0.3 is 11.5 Å². The Morgan fingerprint density at radius 3 is 0.940 bits per heavy atom. The number of rotatable bonds is 19. The molecule has 0 aliphatic carbocycles. The summed E-state index contributed by atoms with van der Waals surface area (Å²) in [6, 6.07) is 35.6. The van der Waals surface area contributed by atoms with E-state index < -0.39 is 10.9 Å². The number of hydrogen-bond donors (Lipinski definition) is 2. The third kappa shape index (κ3) is 10.7. The first-order valence-electron chi connectivity index (χ1n) is 18.8. The van der Waals surface area contributed by atoms with Gasteiger partial charge in [0.2, 0.25) is 0 Å². The van der Waals surface area contributed by atoms with Crippen molar-refractivity contribution in [1.29, 1.82) is 0 Å². The van der Waals surface area contributed by atoms with Crippen LogP contribution in [0.1, 0.15) is 85.0 Å². The monoisotopic (exact) mass is 660 g/mol. The molecule has 0 unspecified atom stereocenters. The van der Waals surface area contributed by atoms with Gasteiger partial charge >= 0.3 is 0 Å². The van der Waals surface area contributed by atoms with E-state index in [1.54, 1.807) is 0 Å². The highest BCUT2D eigenvalue weighted by Crippen LogP contribution is 2.32. The molecule has 4 rings (SSSR count). The molecule has 0 heterocycles. The van der Waals surface area contributed by atoms with Crippen LogP contribution >= 0.6 is 0 Å². The van der Waals surface area contributed by atoms with Crippen LogP contribution in [0.25, 0.3) is 0 Å². The Hall–Kier alpha value is -4.11. The highest BCUT2D eigenvalue weighted by molar-refractivity contribution is 6.42. The second-order valence-electron chi connectivity index (χ2n) is 13.8. The Labute approximate surface area is 305 Å². The minimum atomic E-state index is -0.559. The molecule has 0 aromatic heterocycles. The molecule has 2 nitrogen and oxygen atoms in total. The summed E-state index contributed by atoms with van der Waals surface area (Å²) in [5.41, 5.74) is 23.8. The summed E-state index contributed by atoms with van der Waals surface area (Å²) >= 11 is 0. The fourth-order valence-corrected chi connectivity index (χ4v) is 6.99. The Bertz CT molecular complexity index is 1500. The molecule has 0 atom stereocenters. The molecule has 4 heteroatoms. The van der Waals surface area contributed by atoms with Crippen LogP contribution in [0.2, 0.25) is 12.6 Å². The first kappa shape index (κ1) is 38.7. The van der Waals surface area contributed by atoms with Gasteiger partial charge in [0.05, 0.1) is 0 Å².